The molecule has 0 saturated heterocycles. The molecule has 2 N–H and O–H groups in total. The van der Waals surface area contributed by atoms with Crippen LogP contribution in [-0.4, -0.2) is 32.8 Å². The number of amides is 1. The van der Waals surface area contributed by atoms with Gasteiger partial charge in [0.25, 0.3) is 11.5 Å². The molecule has 0 aliphatic rings. The lowest BCUT2D eigenvalue weighted by Gasteiger charge is -2.17. The molecule has 2 aromatic rings. The number of aliphatic carboxylic acids is 1. The summed E-state index contributed by atoms with van der Waals surface area (Å²) in [6.45, 7) is 3.38. The lowest BCUT2D eigenvalue weighted by Crippen LogP contribution is -2.45. The van der Waals surface area contributed by atoms with Crippen molar-refractivity contribution in [1.29, 1.82) is 0 Å². The summed E-state index contributed by atoms with van der Waals surface area (Å²) in [7, 11) is 0. The Hall–Kier alpha value is -2.96. The average molecular weight is 315 g/mol. The number of nitrogens with zero attached hydrogens (tertiary/aromatic N) is 2. The van der Waals surface area contributed by atoms with E-state index in [2.05, 4.69) is 10.4 Å². The lowest BCUT2D eigenvalue weighted by atomic mass is 10.0. The molecule has 23 heavy (non-hydrogen) atoms. The Kier molecular flexibility index (Phi) is 4.90. The van der Waals surface area contributed by atoms with Gasteiger partial charge in [0.2, 0.25) is 0 Å². The van der Waals surface area contributed by atoms with Crippen molar-refractivity contribution in [2.45, 2.75) is 19.9 Å². The minimum atomic E-state index is -1.12. The molecular weight excluding hydrogens is 298 g/mol. The molecule has 1 atom stereocenters. The Morgan fingerprint density at radius 2 is 1.78 bits per heavy atom. The van der Waals surface area contributed by atoms with E-state index in [1.165, 1.54) is 12.1 Å². The number of rotatable bonds is 5. The number of aromatic nitrogens is 2. The Labute approximate surface area is 132 Å². The van der Waals surface area contributed by atoms with Gasteiger partial charge in [0.1, 0.15) is 11.7 Å². The van der Waals surface area contributed by atoms with Crippen molar-refractivity contribution in [1.82, 2.24) is 15.1 Å². The molecule has 0 fully saturated rings. The van der Waals surface area contributed by atoms with Crippen molar-refractivity contribution in [2.24, 2.45) is 5.92 Å². The highest BCUT2D eigenvalue weighted by molar-refractivity contribution is 5.94. The van der Waals surface area contributed by atoms with Gasteiger partial charge in [0.05, 0.1) is 5.69 Å². The smallest absolute Gasteiger partial charge is 0.326 e. The van der Waals surface area contributed by atoms with Crippen LogP contribution < -0.4 is 10.9 Å². The van der Waals surface area contributed by atoms with Crippen LogP contribution in [0.25, 0.3) is 5.69 Å². The Bertz CT molecular complexity index is 768. The van der Waals surface area contributed by atoms with Crippen LogP contribution in [0.3, 0.4) is 0 Å². The highest BCUT2D eigenvalue weighted by Crippen LogP contribution is 2.05. The third-order valence-corrected chi connectivity index (χ3v) is 3.25. The van der Waals surface area contributed by atoms with Crippen molar-refractivity contribution < 1.29 is 14.7 Å². The number of para-hydroxylation sites is 1. The largest absolute Gasteiger partial charge is 0.480 e. The number of carbonyl (C=O) groups is 2. The van der Waals surface area contributed by atoms with Gasteiger partial charge in [0, 0.05) is 6.07 Å². The molecule has 1 amide bonds. The minimum absolute atomic E-state index is 0.0275. The number of carboxylic acid groups (broad SMARTS) is 1. The topological polar surface area (TPSA) is 101 Å². The molecule has 0 aliphatic carbocycles. The van der Waals surface area contributed by atoms with Crippen molar-refractivity contribution >= 4 is 11.9 Å². The van der Waals surface area contributed by atoms with Crippen LogP contribution in [0.5, 0.6) is 0 Å². The summed E-state index contributed by atoms with van der Waals surface area (Å²) in [5.41, 5.74) is 0.109. The second kappa shape index (κ2) is 6.87. The first-order valence-electron chi connectivity index (χ1n) is 7.09. The maximum Gasteiger partial charge on any atom is 0.326 e. The van der Waals surface area contributed by atoms with Crippen molar-refractivity contribution in [3.63, 3.8) is 0 Å². The molecule has 0 saturated carbocycles. The first-order valence-corrected chi connectivity index (χ1v) is 7.09. The summed E-state index contributed by atoms with van der Waals surface area (Å²) in [6, 6.07) is 10.1. The highest BCUT2D eigenvalue weighted by atomic mass is 16.4. The Morgan fingerprint density at radius 1 is 1.13 bits per heavy atom. The summed E-state index contributed by atoms with van der Waals surface area (Å²) >= 11 is 0. The standard InChI is InChI=1S/C16H17N3O4/c1-10(2)14(16(22)23)17-15(21)12-8-9-13(20)19(18-12)11-6-4-3-5-7-11/h3-10,14H,1-2H3,(H,17,21)(H,22,23)/t14-/m1/s1. The first-order chi connectivity index (χ1) is 10.9. The van der Waals surface area contributed by atoms with Crippen molar-refractivity contribution in [3.05, 3.63) is 58.5 Å². The molecule has 1 heterocycles. The van der Waals surface area contributed by atoms with Crippen LogP contribution in [-0.2, 0) is 4.79 Å². The van der Waals surface area contributed by atoms with Crippen LogP contribution in [0, 0.1) is 5.92 Å². The van der Waals surface area contributed by atoms with Gasteiger partial charge in [-0.3, -0.25) is 9.59 Å². The summed E-state index contributed by atoms with van der Waals surface area (Å²) in [6.07, 6.45) is 0. The molecule has 0 bridgehead atoms. The number of hydrogen-bond acceptors (Lipinski definition) is 4. The fraction of sp³-hybridized carbons (Fsp3) is 0.250. The number of carbonyl (C=O) groups excluding carboxylic acids is 1. The van der Waals surface area contributed by atoms with Gasteiger partial charge in [-0.15, -0.1) is 0 Å². The van der Waals surface area contributed by atoms with Crippen LogP contribution in [0.4, 0.5) is 0 Å². The SMILES string of the molecule is CC(C)[C@@H](NC(=O)c1ccc(=O)n(-c2ccccc2)n1)C(=O)O. The van der Waals surface area contributed by atoms with Crippen molar-refractivity contribution in [3.8, 4) is 5.69 Å². The van der Waals surface area contributed by atoms with Crippen LogP contribution >= 0.6 is 0 Å². The summed E-state index contributed by atoms with van der Waals surface area (Å²) in [4.78, 5) is 35.3. The van der Waals surface area contributed by atoms with Gasteiger partial charge in [-0.25, -0.2) is 4.79 Å². The molecule has 1 aromatic heterocycles. The zero-order chi connectivity index (χ0) is 17.0. The van der Waals surface area contributed by atoms with E-state index < -0.39 is 17.9 Å². The predicted molar refractivity (Wildman–Crippen MR) is 83.6 cm³/mol. The second-order valence-electron chi connectivity index (χ2n) is 5.34. The van der Waals surface area contributed by atoms with E-state index in [9.17, 15) is 14.4 Å². The predicted octanol–water partition coefficient (Wildman–Crippen LogP) is 1.07. The molecule has 0 unspecified atom stereocenters. The first kappa shape index (κ1) is 16.4. The van der Waals surface area contributed by atoms with E-state index >= 15 is 0 Å². The molecule has 7 nitrogen and oxygen atoms in total. The molecule has 120 valence electrons. The van der Waals surface area contributed by atoms with Gasteiger partial charge in [0.15, 0.2) is 0 Å². The van der Waals surface area contributed by atoms with Gasteiger partial charge in [-0.1, -0.05) is 32.0 Å². The summed E-state index contributed by atoms with van der Waals surface area (Å²) < 4.78 is 1.10. The number of hydrogen-bond donors (Lipinski definition) is 2. The van der Waals surface area contributed by atoms with Gasteiger partial charge in [-0.05, 0) is 24.1 Å². The van der Waals surface area contributed by atoms with E-state index in [4.69, 9.17) is 5.11 Å². The van der Waals surface area contributed by atoms with Crippen LogP contribution in [0.2, 0.25) is 0 Å². The minimum Gasteiger partial charge on any atom is -0.480 e. The summed E-state index contributed by atoms with van der Waals surface area (Å²) in [5.74, 6) is -2.04. The molecule has 0 spiro atoms. The van der Waals surface area contributed by atoms with Gasteiger partial charge in [-0.2, -0.15) is 9.78 Å². The van der Waals surface area contributed by atoms with E-state index in [-0.39, 0.29) is 17.2 Å². The maximum absolute atomic E-state index is 12.2. The zero-order valence-corrected chi connectivity index (χ0v) is 12.8. The molecule has 7 heteroatoms. The van der Waals surface area contributed by atoms with E-state index in [1.54, 1.807) is 44.2 Å². The average Bonchev–Trinajstić information content (AvgIpc) is 2.53. The van der Waals surface area contributed by atoms with Crippen LogP contribution in [0.15, 0.2) is 47.3 Å². The normalized spacial score (nSPS) is 12.0. The zero-order valence-electron chi connectivity index (χ0n) is 12.8. The highest BCUT2D eigenvalue weighted by Gasteiger charge is 2.24. The summed E-state index contributed by atoms with van der Waals surface area (Å²) in [5, 5.41) is 15.6. The van der Waals surface area contributed by atoms with E-state index in [0.717, 1.165) is 4.68 Å². The van der Waals surface area contributed by atoms with Gasteiger partial charge >= 0.3 is 5.97 Å². The molecule has 0 aliphatic heterocycles. The lowest BCUT2D eigenvalue weighted by molar-refractivity contribution is -0.140. The molecule has 1 aromatic carbocycles. The fourth-order valence-electron chi connectivity index (χ4n) is 2.02. The van der Waals surface area contributed by atoms with E-state index in [1.807, 2.05) is 0 Å². The monoisotopic (exact) mass is 315 g/mol. The third kappa shape index (κ3) is 3.82. The Balaban J connectivity index is 2.32. The second-order valence-corrected chi connectivity index (χ2v) is 5.34. The third-order valence-electron chi connectivity index (χ3n) is 3.25. The molecule has 2 rings (SSSR count). The number of nitrogens with one attached hydrogen (secondary N) is 1. The fourth-order valence-corrected chi connectivity index (χ4v) is 2.02. The van der Waals surface area contributed by atoms with Gasteiger partial charge < -0.3 is 10.4 Å². The van der Waals surface area contributed by atoms with E-state index in [0.29, 0.717) is 5.69 Å². The molecule has 0 radical (unpaired) electrons. The number of carboxylic acids is 1. The number of benzene rings is 1. The van der Waals surface area contributed by atoms with Crippen molar-refractivity contribution in [2.75, 3.05) is 0 Å². The maximum atomic E-state index is 12.2. The molecular formula is C16H17N3O4. The Morgan fingerprint density at radius 3 is 2.35 bits per heavy atom. The quantitative estimate of drug-likeness (QED) is 0.859. The van der Waals surface area contributed by atoms with Crippen LogP contribution in [0.1, 0.15) is 24.3 Å².